The van der Waals surface area contributed by atoms with Crippen molar-refractivity contribution >= 4 is 48.3 Å². The molecular formula is C20H17BrN2O2S. The van der Waals surface area contributed by atoms with Crippen LogP contribution < -0.4 is 4.74 Å². The van der Waals surface area contributed by atoms with Gasteiger partial charge in [0.15, 0.2) is 6.23 Å². The SMILES string of the molecule is Brc1ccc(Oc2csc3c2ccc2c3cnn2C2CCCCO2)cc1. The number of rotatable bonds is 3. The Kier molecular flexibility index (Phi) is 4.19. The normalized spacial score (nSPS) is 17.8. The van der Waals surface area contributed by atoms with Gasteiger partial charge in [0.1, 0.15) is 11.5 Å². The summed E-state index contributed by atoms with van der Waals surface area (Å²) in [6.07, 6.45) is 5.37. The summed E-state index contributed by atoms with van der Waals surface area (Å²) in [5.41, 5.74) is 1.13. The zero-order valence-corrected chi connectivity index (χ0v) is 16.4. The number of fused-ring (bicyclic) bond motifs is 3. The third-order valence-corrected chi connectivity index (χ3v) is 6.29. The van der Waals surface area contributed by atoms with E-state index in [0.29, 0.717) is 0 Å². The summed E-state index contributed by atoms with van der Waals surface area (Å²) < 4.78 is 16.3. The monoisotopic (exact) mass is 428 g/mol. The summed E-state index contributed by atoms with van der Waals surface area (Å²) in [6, 6.07) is 12.1. The maximum Gasteiger partial charge on any atom is 0.150 e. The third-order valence-electron chi connectivity index (χ3n) is 4.75. The summed E-state index contributed by atoms with van der Waals surface area (Å²) in [4.78, 5) is 0. The number of aromatic nitrogens is 2. The molecule has 26 heavy (non-hydrogen) atoms. The molecule has 0 saturated carbocycles. The lowest BCUT2D eigenvalue weighted by atomic mass is 10.1. The maximum atomic E-state index is 6.10. The zero-order valence-electron chi connectivity index (χ0n) is 14.0. The molecule has 0 radical (unpaired) electrons. The smallest absolute Gasteiger partial charge is 0.150 e. The van der Waals surface area contributed by atoms with Crippen LogP contribution >= 0.6 is 27.3 Å². The Morgan fingerprint density at radius 2 is 2.00 bits per heavy atom. The predicted octanol–water partition coefficient (Wildman–Crippen LogP) is 6.50. The van der Waals surface area contributed by atoms with Gasteiger partial charge in [0.25, 0.3) is 0 Å². The zero-order chi connectivity index (χ0) is 17.5. The fourth-order valence-electron chi connectivity index (χ4n) is 3.45. The first kappa shape index (κ1) is 16.3. The van der Waals surface area contributed by atoms with Crippen LogP contribution in [0.4, 0.5) is 0 Å². The second-order valence-electron chi connectivity index (χ2n) is 6.44. The summed E-state index contributed by atoms with van der Waals surface area (Å²) in [5, 5.41) is 8.97. The molecule has 132 valence electrons. The lowest BCUT2D eigenvalue weighted by molar-refractivity contribution is -0.0366. The highest BCUT2D eigenvalue weighted by Gasteiger charge is 2.20. The van der Waals surface area contributed by atoms with E-state index in [1.165, 1.54) is 11.1 Å². The largest absolute Gasteiger partial charge is 0.456 e. The Morgan fingerprint density at radius 3 is 2.81 bits per heavy atom. The Bertz CT molecular complexity index is 1060. The van der Waals surface area contributed by atoms with Crippen LogP contribution in [0.3, 0.4) is 0 Å². The molecule has 1 saturated heterocycles. The van der Waals surface area contributed by atoms with Crippen LogP contribution in [0.15, 0.2) is 52.4 Å². The molecule has 0 amide bonds. The molecule has 0 bridgehead atoms. The topological polar surface area (TPSA) is 36.3 Å². The second kappa shape index (κ2) is 6.68. The first-order chi connectivity index (χ1) is 12.8. The van der Waals surface area contributed by atoms with Crippen molar-refractivity contribution in [2.24, 2.45) is 0 Å². The van der Waals surface area contributed by atoms with Gasteiger partial charge in [-0.15, -0.1) is 11.3 Å². The van der Waals surface area contributed by atoms with Crippen molar-refractivity contribution in [3.05, 3.63) is 52.4 Å². The highest BCUT2D eigenvalue weighted by molar-refractivity contribution is 9.10. The molecular weight excluding hydrogens is 412 g/mol. The molecule has 4 aromatic rings. The van der Waals surface area contributed by atoms with Crippen LogP contribution in [0.25, 0.3) is 21.0 Å². The van der Waals surface area contributed by atoms with Gasteiger partial charge in [-0.05, 0) is 55.7 Å². The summed E-state index contributed by atoms with van der Waals surface area (Å²) >= 11 is 5.15. The van der Waals surface area contributed by atoms with E-state index in [0.717, 1.165) is 51.7 Å². The van der Waals surface area contributed by atoms with Crippen LogP contribution in [0.2, 0.25) is 0 Å². The molecule has 1 atom stereocenters. The molecule has 1 fully saturated rings. The summed E-state index contributed by atoms with van der Waals surface area (Å²) in [5.74, 6) is 1.72. The van der Waals surface area contributed by atoms with E-state index < -0.39 is 0 Å². The van der Waals surface area contributed by atoms with E-state index in [9.17, 15) is 0 Å². The van der Waals surface area contributed by atoms with Crippen molar-refractivity contribution in [3.63, 3.8) is 0 Å². The van der Waals surface area contributed by atoms with Gasteiger partial charge in [-0.3, -0.25) is 0 Å². The highest BCUT2D eigenvalue weighted by atomic mass is 79.9. The number of halogens is 1. The lowest BCUT2D eigenvalue weighted by Crippen LogP contribution is -2.18. The molecule has 0 N–H and O–H groups in total. The number of ether oxygens (including phenoxy) is 2. The van der Waals surface area contributed by atoms with Crippen molar-refractivity contribution in [1.29, 1.82) is 0 Å². The van der Waals surface area contributed by atoms with Crippen molar-refractivity contribution in [1.82, 2.24) is 9.78 Å². The average molecular weight is 429 g/mol. The summed E-state index contributed by atoms with van der Waals surface area (Å²) in [6.45, 7) is 0.818. The van der Waals surface area contributed by atoms with Gasteiger partial charge in [0, 0.05) is 31.9 Å². The van der Waals surface area contributed by atoms with Gasteiger partial charge < -0.3 is 9.47 Å². The van der Waals surface area contributed by atoms with Crippen LogP contribution in [-0.4, -0.2) is 16.4 Å². The van der Waals surface area contributed by atoms with Crippen molar-refractivity contribution in [2.45, 2.75) is 25.5 Å². The number of thiophene rings is 1. The van der Waals surface area contributed by atoms with E-state index in [-0.39, 0.29) is 6.23 Å². The van der Waals surface area contributed by atoms with Gasteiger partial charge >= 0.3 is 0 Å². The van der Waals surface area contributed by atoms with Crippen LogP contribution in [0.1, 0.15) is 25.5 Å². The number of nitrogens with zero attached hydrogens (tertiary/aromatic N) is 2. The Balaban J connectivity index is 1.54. The molecule has 6 heteroatoms. The molecule has 1 aliphatic heterocycles. The maximum absolute atomic E-state index is 6.10. The fraction of sp³-hybridized carbons (Fsp3) is 0.250. The minimum absolute atomic E-state index is 0.0529. The average Bonchev–Trinajstić information content (AvgIpc) is 3.28. The quantitative estimate of drug-likeness (QED) is 0.373. The second-order valence-corrected chi connectivity index (χ2v) is 8.24. The number of benzene rings is 2. The first-order valence-electron chi connectivity index (χ1n) is 8.72. The molecule has 1 unspecified atom stereocenters. The van der Waals surface area contributed by atoms with Crippen LogP contribution in [0.5, 0.6) is 11.5 Å². The van der Waals surface area contributed by atoms with E-state index >= 15 is 0 Å². The molecule has 5 rings (SSSR count). The Labute approximate surface area is 163 Å². The molecule has 2 aromatic carbocycles. The van der Waals surface area contributed by atoms with E-state index in [1.807, 2.05) is 35.1 Å². The highest BCUT2D eigenvalue weighted by Crippen LogP contribution is 2.40. The van der Waals surface area contributed by atoms with Crippen LogP contribution in [-0.2, 0) is 4.74 Å². The van der Waals surface area contributed by atoms with Gasteiger partial charge in [0.2, 0.25) is 0 Å². The fourth-order valence-corrected chi connectivity index (χ4v) is 4.69. The van der Waals surface area contributed by atoms with Crippen molar-refractivity contribution in [2.75, 3.05) is 6.61 Å². The molecule has 0 spiro atoms. The Hall–Kier alpha value is -1.89. The molecule has 4 nitrogen and oxygen atoms in total. The van der Waals surface area contributed by atoms with E-state index in [1.54, 1.807) is 11.3 Å². The first-order valence-corrected chi connectivity index (χ1v) is 10.4. The van der Waals surface area contributed by atoms with Gasteiger partial charge in [-0.1, -0.05) is 15.9 Å². The number of hydrogen-bond acceptors (Lipinski definition) is 4. The molecule has 2 aromatic heterocycles. The summed E-state index contributed by atoms with van der Waals surface area (Å²) in [7, 11) is 0. The molecule has 1 aliphatic rings. The van der Waals surface area contributed by atoms with Gasteiger partial charge in [-0.2, -0.15) is 5.10 Å². The van der Waals surface area contributed by atoms with Gasteiger partial charge in [-0.25, -0.2) is 4.68 Å². The number of hydrogen-bond donors (Lipinski definition) is 0. The lowest BCUT2D eigenvalue weighted by Gasteiger charge is -2.23. The third kappa shape index (κ3) is 2.82. The van der Waals surface area contributed by atoms with Crippen molar-refractivity contribution in [3.8, 4) is 11.5 Å². The predicted molar refractivity (Wildman–Crippen MR) is 108 cm³/mol. The van der Waals surface area contributed by atoms with Crippen molar-refractivity contribution < 1.29 is 9.47 Å². The molecule has 0 aliphatic carbocycles. The van der Waals surface area contributed by atoms with E-state index in [2.05, 4.69) is 38.5 Å². The standard InChI is InChI=1S/C20H17BrN2O2S/c21-13-4-6-14(7-5-13)25-18-12-26-20-15(18)8-9-17-16(20)11-22-23(17)19-3-1-2-10-24-19/h4-9,11-12,19H,1-3,10H2. The van der Waals surface area contributed by atoms with Crippen LogP contribution in [0, 0.1) is 0 Å². The molecule has 3 heterocycles. The van der Waals surface area contributed by atoms with E-state index in [4.69, 9.17) is 9.47 Å². The minimum Gasteiger partial charge on any atom is -0.456 e. The minimum atomic E-state index is 0.0529. The van der Waals surface area contributed by atoms with Gasteiger partial charge in [0.05, 0.1) is 11.7 Å². The Morgan fingerprint density at radius 1 is 1.12 bits per heavy atom.